The van der Waals surface area contributed by atoms with Crippen LogP contribution in [-0.4, -0.2) is 55.6 Å². The van der Waals surface area contributed by atoms with E-state index in [-0.39, 0.29) is 34.2 Å². The predicted molar refractivity (Wildman–Crippen MR) is 141 cm³/mol. The SMILES string of the molecule is CNC(=O)c1ccccc1Nc1nc(Nc2ccc(CP(OCC(F)(F)F)OCC(F)(F)F)cc2OC)ncc1C(F)(F)F. The maximum Gasteiger partial charge on any atom is 0.421 e. The molecule has 1 aromatic heterocycles. The molecule has 1 heterocycles. The number of rotatable bonds is 12. The first-order valence-corrected chi connectivity index (χ1v) is 13.5. The Bertz CT molecular complexity index is 1420. The van der Waals surface area contributed by atoms with Crippen molar-refractivity contribution >= 4 is 37.4 Å². The van der Waals surface area contributed by atoms with Crippen LogP contribution < -0.4 is 20.7 Å². The van der Waals surface area contributed by atoms with Crippen molar-refractivity contribution in [3.8, 4) is 5.75 Å². The highest BCUT2D eigenvalue weighted by molar-refractivity contribution is 7.46. The number of carbonyl (C=O) groups excluding carboxylic acids is 1. The van der Waals surface area contributed by atoms with Gasteiger partial charge in [0.1, 0.15) is 30.3 Å². The Hall–Kier alpha value is -3.89. The Balaban J connectivity index is 1.88. The standard InChI is InChI=1S/C25H23F9N5O4P/c1-35-21(40)15-5-3-4-6-17(15)37-20-16(25(32,33)34)10-36-22(39-20)38-18-8-7-14(9-19(18)41-2)11-44(42-12-23(26,27)28)43-13-24(29,30)31/h3-10H,11-13H2,1-2H3,(H,35,40)(H2,36,37,38,39). The molecule has 0 fully saturated rings. The molecule has 240 valence electrons. The molecule has 3 N–H and O–H groups in total. The molecular formula is C25H23F9N5O4P. The number of nitrogens with zero attached hydrogens (tertiary/aromatic N) is 2. The Kier molecular flexibility index (Phi) is 11.2. The molecule has 1 amide bonds. The molecule has 0 saturated carbocycles. The first-order chi connectivity index (χ1) is 20.5. The number of nitrogens with one attached hydrogen (secondary N) is 3. The Morgan fingerprint density at radius 3 is 2.09 bits per heavy atom. The molecule has 0 spiro atoms. The number of halogens is 9. The lowest BCUT2D eigenvalue weighted by atomic mass is 10.1. The van der Waals surface area contributed by atoms with Crippen LogP contribution in [0.3, 0.4) is 0 Å². The van der Waals surface area contributed by atoms with Gasteiger partial charge in [0.05, 0.1) is 24.0 Å². The lowest BCUT2D eigenvalue weighted by Gasteiger charge is -2.20. The van der Waals surface area contributed by atoms with E-state index in [4.69, 9.17) is 4.74 Å². The van der Waals surface area contributed by atoms with Crippen LogP contribution >= 0.6 is 8.38 Å². The summed E-state index contributed by atoms with van der Waals surface area (Å²) >= 11 is 0. The minimum Gasteiger partial charge on any atom is -0.495 e. The summed E-state index contributed by atoms with van der Waals surface area (Å²) < 4.78 is 131. The molecule has 3 rings (SSSR count). The maximum absolute atomic E-state index is 13.8. The summed E-state index contributed by atoms with van der Waals surface area (Å²) in [5, 5.41) is 7.54. The molecule has 2 aromatic carbocycles. The van der Waals surface area contributed by atoms with Crippen molar-refractivity contribution in [2.24, 2.45) is 0 Å². The fraction of sp³-hybridized carbons (Fsp3) is 0.320. The van der Waals surface area contributed by atoms with Crippen LogP contribution in [0, 0.1) is 0 Å². The van der Waals surface area contributed by atoms with Crippen LogP contribution in [0.25, 0.3) is 0 Å². The summed E-state index contributed by atoms with van der Waals surface area (Å²) in [6, 6.07) is 9.61. The fourth-order valence-corrected chi connectivity index (χ4v) is 4.76. The van der Waals surface area contributed by atoms with Gasteiger partial charge in [0.25, 0.3) is 5.91 Å². The number of para-hydroxylation sites is 1. The molecule has 9 nitrogen and oxygen atoms in total. The average molecular weight is 659 g/mol. The monoisotopic (exact) mass is 659 g/mol. The number of ether oxygens (including phenoxy) is 1. The summed E-state index contributed by atoms with van der Waals surface area (Å²) in [5.41, 5.74) is -0.940. The molecule has 0 unspecified atom stereocenters. The summed E-state index contributed by atoms with van der Waals surface area (Å²) in [6.07, 6.45) is -14.5. The number of carbonyl (C=O) groups is 1. The van der Waals surface area contributed by atoms with Crippen LogP contribution in [0.1, 0.15) is 21.5 Å². The number of alkyl halides is 9. The molecule has 19 heteroatoms. The van der Waals surface area contributed by atoms with Crippen molar-refractivity contribution in [2.45, 2.75) is 24.7 Å². The number of methoxy groups -OCH3 is 1. The molecule has 0 atom stereocenters. The minimum absolute atomic E-state index is 0.00735. The van der Waals surface area contributed by atoms with Gasteiger partial charge in [-0.15, -0.1) is 0 Å². The highest BCUT2D eigenvalue weighted by Gasteiger charge is 2.36. The first kappa shape index (κ1) is 34.6. The van der Waals surface area contributed by atoms with Gasteiger partial charge in [-0.25, -0.2) is 4.98 Å². The van der Waals surface area contributed by atoms with E-state index in [1.54, 1.807) is 0 Å². The number of aromatic nitrogens is 2. The van der Waals surface area contributed by atoms with Gasteiger partial charge in [-0.05, 0) is 29.8 Å². The van der Waals surface area contributed by atoms with Crippen molar-refractivity contribution < 1.29 is 58.1 Å². The second-order valence-electron chi connectivity index (χ2n) is 8.63. The third-order valence-corrected chi connectivity index (χ3v) is 6.77. The highest BCUT2D eigenvalue weighted by atomic mass is 31.2. The molecule has 0 saturated heterocycles. The number of anilines is 4. The van der Waals surface area contributed by atoms with Crippen molar-refractivity contribution in [2.75, 3.05) is 38.0 Å². The van der Waals surface area contributed by atoms with Gasteiger partial charge < -0.3 is 29.7 Å². The second kappa shape index (κ2) is 14.3. The number of benzene rings is 2. The van der Waals surface area contributed by atoms with Crippen LogP contribution in [0.2, 0.25) is 0 Å². The lowest BCUT2D eigenvalue weighted by Crippen LogP contribution is -2.20. The van der Waals surface area contributed by atoms with Crippen LogP contribution in [0.15, 0.2) is 48.7 Å². The zero-order chi connectivity index (χ0) is 32.7. The van der Waals surface area contributed by atoms with Gasteiger partial charge in [-0.3, -0.25) is 4.79 Å². The molecule has 0 aliphatic heterocycles. The lowest BCUT2D eigenvalue weighted by molar-refractivity contribution is -0.162. The molecule has 3 aromatic rings. The molecule has 0 bridgehead atoms. The van der Waals surface area contributed by atoms with Crippen molar-refractivity contribution in [3.05, 3.63) is 65.4 Å². The van der Waals surface area contributed by atoms with Gasteiger partial charge in [-0.1, -0.05) is 18.2 Å². The molecule has 0 radical (unpaired) electrons. The van der Waals surface area contributed by atoms with Gasteiger partial charge >= 0.3 is 18.5 Å². The maximum atomic E-state index is 13.8. The normalized spacial score (nSPS) is 12.3. The van der Waals surface area contributed by atoms with E-state index in [1.165, 1.54) is 56.6 Å². The van der Waals surface area contributed by atoms with Gasteiger partial charge in [0.15, 0.2) is 8.38 Å². The van der Waals surface area contributed by atoms with E-state index < -0.39 is 63.6 Å². The van der Waals surface area contributed by atoms with Gasteiger partial charge in [0, 0.05) is 19.4 Å². The van der Waals surface area contributed by atoms with Crippen molar-refractivity contribution in [1.29, 1.82) is 0 Å². The second-order valence-corrected chi connectivity index (χ2v) is 10.1. The third-order valence-electron chi connectivity index (χ3n) is 5.31. The summed E-state index contributed by atoms with van der Waals surface area (Å²) in [4.78, 5) is 19.8. The first-order valence-electron chi connectivity index (χ1n) is 12.1. The fourth-order valence-electron chi connectivity index (χ4n) is 3.42. The van der Waals surface area contributed by atoms with E-state index in [2.05, 4.69) is 35.0 Å². The topological polar surface area (TPSA) is 107 Å². The summed E-state index contributed by atoms with van der Waals surface area (Å²) in [6.45, 7) is -3.66. The Labute approximate surface area is 245 Å². The van der Waals surface area contributed by atoms with E-state index >= 15 is 0 Å². The Morgan fingerprint density at radius 2 is 1.52 bits per heavy atom. The quantitative estimate of drug-likeness (QED) is 0.137. The van der Waals surface area contributed by atoms with E-state index in [1.807, 2.05) is 0 Å². The van der Waals surface area contributed by atoms with Crippen LogP contribution in [-0.2, 0) is 21.4 Å². The van der Waals surface area contributed by atoms with E-state index in [9.17, 15) is 44.3 Å². The minimum atomic E-state index is -4.89. The predicted octanol–water partition coefficient (Wildman–Crippen LogP) is 7.32. The zero-order valence-electron chi connectivity index (χ0n) is 22.6. The molecule has 0 aliphatic rings. The van der Waals surface area contributed by atoms with Gasteiger partial charge in [0.2, 0.25) is 5.95 Å². The van der Waals surface area contributed by atoms with Crippen molar-refractivity contribution in [3.63, 3.8) is 0 Å². The largest absolute Gasteiger partial charge is 0.495 e. The Morgan fingerprint density at radius 1 is 0.886 bits per heavy atom. The smallest absolute Gasteiger partial charge is 0.421 e. The van der Waals surface area contributed by atoms with E-state index in [0.29, 0.717) is 6.20 Å². The zero-order valence-corrected chi connectivity index (χ0v) is 23.5. The highest BCUT2D eigenvalue weighted by Crippen LogP contribution is 2.46. The molecular weight excluding hydrogens is 636 g/mol. The number of hydrogen-bond donors (Lipinski definition) is 3. The molecule has 44 heavy (non-hydrogen) atoms. The van der Waals surface area contributed by atoms with Crippen LogP contribution in [0.4, 0.5) is 62.7 Å². The van der Waals surface area contributed by atoms with Crippen LogP contribution in [0.5, 0.6) is 5.75 Å². The van der Waals surface area contributed by atoms with Crippen molar-refractivity contribution in [1.82, 2.24) is 15.3 Å². The van der Waals surface area contributed by atoms with E-state index in [0.717, 1.165) is 0 Å². The number of amides is 1. The molecule has 0 aliphatic carbocycles. The number of hydrogen-bond acceptors (Lipinski definition) is 8. The third kappa shape index (κ3) is 10.4. The summed E-state index contributed by atoms with van der Waals surface area (Å²) in [7, 11) is -0.134. The summed E-state index contributed by atoms with van der Waals surface area (Å²) in [5.74, 6) is -1.63. The average Bonchev–Trinajstić information content (AvgIpc) is 2.93. The van der Waals surface area contributed by atoms with Gasteiger partial charge in [-0.2, -0.15) is 44.5 Å².